The van der Waals surface area contributed by atoms with Gasteiger partial charge in [-0.2, -0.15) is 15.6 Å². The first kappa shape index (κ1) is 30.8. The molecule has 1 aliphatic carbocycles. The summed E-state index contributed by atoms with van der Waals surface area (Å²) in [6, 6.07) is 6.53. The van der Waals surface area contributed by atoms with E-state index in [1.807, 2.05) is 0 Å². The lowest BCUT2D eigenvalue weighted by Crippen LogP contribution is -2.25. The fourth-order valence-corrected chi connectivity index (χ4v) is 5.55. The number of nitriles is 2. The van der Waals surface area contributed by atoms with Crippen LogP contribution in [-0.2, 0) is 26.3 Å². The predicted molar refractivity (Wildman–Crippen MR) is 138 cm³/mol. The Kier molecular flexibility index (Phi) is 7.14. The third-order valence-electron chi connectivity index (χ3n) is 6.19. The van der Waals surface area contributed by atoms with Gasteiger partial charge in [-0.15, -0.1) is 0 Å². The second-order valence-corrected chi connectivity index (χ2v) is 12.2. The number of hydrogen-bond acceptors (Lipinski definition) is 7. The number of ether oxygens (including phenoxy) is 2. The zero-order valence-corrected chi connectivity index (χ0v) is 23.2. The van der Waals surface area contributed by atoms with Crippen LogP contribution in [0.5, 0.6) is 0 Å². The number of nitrogens with one attached hydrogen (secondary N) is 1. The molecule has 18 heteroatoms. The van der Waals surface area contributed by atoms with Crippen LogP contribution >= 0.6 is 33.4 Å². The molecule has 0 unspecified atom stereocenters. The molecule has 1 saturated carbocycles. The van der Waals surface area contributed by atoms with E-state index in [4.69, 9.17) is 37.9 Å². The van der Waals surface area contributed by atoms with Crippen LogP contribution in [-0.4, -0.2) is 29.0 Å². The second kappa shape index (κ2) is 9.72. The predicted octanol–water partition coefficient (Wildman–Crippen LogP) is 7.67. The summed E-state index contributed by atoms with van der Waals surface area (Å²) in [5.74, 6) is -2.23. The van der Waals surface area contributed by atoms with Crippen molar-refractivity contribution in [1.29, 1.82) is 10.5 Å². The summed E-state index contributed by atoms with van der Waals surface area (Å²) in [4.78, 5) is 23.1. The summed E-state index contributed by atoms with van der Waals surface area (Å²) in [6.07, 6.45) is -1.05. The van der Waals surface area contributed by atoms with Crippen LogP contribution in [0.3, 0.4) is 0 Å². The van der Waals surface area contributed by atoms with Gasteiger partial charge in [0.1, 0.15) is 41.0 Å². The first-order chi connectivity index (χ1) is 19.3. The van der Waals surface area contributed by atoms with E-state index >= 15 is 0 Å². The molecule has 1 N–H and O–H groups in total. The summed E-state index contributed by atoms with van der Waals surface area (Å²) >= 11 is 12.0. The normalized spacial score (nSPS) is 15.4. The SMILES string of the molecule is COC(=O)C1(c2c(C#N)nn(-c3c(Cl)cc(S(F)(F)(F)(F)F)cc3Cl)c2NC(=O)OCc2ccc(C#N)c(F)c2)CC1. The lowest BCUT2D eigenvalue weighted by atomic mass is 9.95. The highest BCUT2D eigenvalue weighted by Gasteiger charge is 2.66. The fourth-order valence-electron chi connectivity index (χ4n) is 4.09. The summed E-state index contributed by atoms with van der Waals surface area (Å²) in [5, 5.41) is 22.8. The van der Waals surface area contributed by atoms with Gasteiger partial charge >= 0.3 is 22.3 Å². The molecule has 222 valence electrons. The fraction of sp³-hybridized carbons (Fsp3) is 0.208. The monoisotopic (exact) mass is 653 g/mol. The number of esters is 1. The average molecular weight is 654 g/mol. The number of benzene rings is 2. The number of nitrogens with zero attached hydrogens (tertiary/aromatic N) is 4. The van der Waals surface area contributed by atoms with Gasteiger partial charge in [-0.25, -0.2) is 13.9 Å². The molecule has 0 bridgehead atoms. The highest BCUT2D eigenvalue weighted by molar-refractivity contribution is 8.45. The minimum atomic E-state index is -10.2. The Bertz CT molecular complexity index is 1730. The number of aromatic nitrogens is 2. The zero-order chi connectivity index (χ0) is 31.3. The molecular formula is C24H15Cl2F6N5O4S. The van der Waals surface area contributed by atoms with E-state index in [0.717, 1.165) is 19.2 Å². The number of hydrogen-bond donors (Lipinski definition) is 1. The maximum atomic E-state index is 13.9. The van der Waals surface area contributed by atoms with Crippen molar-refractivity contribution in [2.45, 2.75) is 29.8 Å². The average Bonchev–Trinajstić information content (AvgIpc) is 3.62. The number of carbonyl (C=O) groups excluding carboxylic acids is 2. The molecule has 2 aromatic carbocycles. The van der Waals surface area contributed by atoms with Gasteiger partial charge in [0.15, 0.2) is 5.69 Å². The molecule has 1 amide bonds. The maximum absolute atomic E-state index is 13.9. The largest absolute Gasteiger partial charge is 0.468 e. The molecular weight excluding hydrogens is 639 g/mol. The molecule has 1 heterocycles. The third-order valence-corrected chi connectivity index (χ3v) is 7.89. The van der Waals surface area contributed by atoms with Gasteiger partial charge < -0.3 is 9.47 Å². The van der Waals surface area contributed by atoms with E-state index in [1.165, 1.54) is 6.07 Å². The lowest BCUT2D eigenvalue weighted by Gasteiger charge is -2.40. The van der Waals surface area contributed by atoms with Crippen LogP contribution in [0.2, 0.25) is 10.0 Å². The minimum absolute atomic E-state index is 0.0908. The summed E-state index contributed by atoms with van der Waals surface area (Å²) in [7, 11) is -9.18. The number of anilines is 1. The Balaban J connectivity index is 1.82. The highest BCUT2D eigenvalue weighted by Crippen LogP contribution is 3.02. The van der Waals surface area contributed by atoms with Crippen LogP contribution in [0.15, 0.2) is 35.2 Å². The van der Waals surface area contributed by atoms with Crippen LogP contribution in [0.25, 0.3) is 5.69 Å². The van der Waals surface area contributed by atoms with Crippen LogP contribution < -0.4 is 5.32 Å². The smallest absolute Gasteiger partial charge is 0.413 e. The van der Waals surface area contributed by atoms with Crippen molar-refractivity contribution in [2.24, 2.45) is 0 Å². The first-order valence-corrected chi connectivity index (χ1v) is 14.0. The molecule has 1 aliphatic rings. The van der Waals surface area contributed by atoms with E-state index in [-0.39, 0.29) is 41.7 Å². The quantitative estimate of drug-likeness (QED) is 0.204. The van der Waals surface area contributed by atoms with Crippen molar-refractivity contribution in [3.8, 4) is 17.8 Å². The molecule has 4 rings (SSSR count). The molecule has 0 aliphatic heterocycles. The molecule has 42 heavy (non-hydrogen) atoms. The van der Waals surface area contributed by atoms with E-state index in [0.29, 0.717) is 4.68 Å². The maximum Gasteiger partial charge on any atom is 0.413 e. The zero-order valence-electron chi connectivity index (χ0n) is 20.9. The Morgan fingerprint density at radius 3 is 2.19 bits per heavy atom. The van der Waals surface area contributed by atoms with Gasteiger partial charge in [0.25, 0.3) is 0 Å². The van der Waals surface area contributed by atoms with Gasteiger partial charge in [-0.1, -0.05) is 48.7 Å². The highest BCUT2D eigenvalue weighted by atomic mass is 35.5. The van der Waals surface area contributed by atoms with E-state index in [2.05, 4.69) is 10.4 Å². The minimum Gasteiger partial charge on any atom is -0.468 e. The van der Waals surface area contributed by atoms with Gasteiger partial charge in [0.05, 0.1) is 33.7 Å². The molecule has 0 saturated heterocycles. The molecule has 9 nitrogen and oxygen atoms in total. The van der Waals surface area contributed by atoms with Crippen molar-refractivity contribution in [1.82, 2.24) is 9.78 Å². The number of rotatable bonds is 7. The standard InChI is InChI=1S/C24H15Cl2F6N5O4S/c1-40-22(38)24(4-5-24)19-18(10-34)36-37(20-15(25)7-14(8-16(20)26)42(28,29,30,31)32)21(19)35-23(39)41-11-12-2-3-13(9-33)17(27)6-12/h2-3,6-8H,4-5,11H2,1H3,(H,35,39). The molecule has 0 atom stereocenters. The Morgan fingerprint density at radius 1 is 1.10 bits per heavy atom. The van der Waals surface area contributed by atoms with Crippen molar-refractivity contribution in [2.75, 3.05) is 12.4 Å². The second-order valence-electron chi connectivity index (χ2n) is 9.00. The summed E-state index contributed by atoms with van der Waals surface area (Å²) in [5.41, 5.74) is -3.01. The third kappa shape index (κ3) is 5.78. The van der Waals surface area contributed by atoms with Crippen LogP contribution in [0.4, 0.5) is 34.4 Å². The van der Waals surface area contributed by atoms with Gasteiger partial charge in [0.2, 0.25) is 0 Å². The van der Waals surface area contributed by atoms with Crippen molar-refractivity contribution < 1.29 is 42.9 Å². The Hall–Kier alpha value is -4.12. The molecule has 1 fully saturated rings. The Labute approximate surface area is 242 Å². The summed E-state index contributed by atoms with van der Waals surface area (Å²) < 4.78 is 91.7. The lowest BCUT2D eigenvalue weighted by molar-refractivity contribution is -0.143. The van der Waals surface area contributed by atoms with Crippen LogP contribution in [0.1, 0.15) is 35.2 Å². The number of carbonyl (C=O) groups is 2. The van der Waals surface area contributed by atoms with Gasteiger partial charge in [-0.05, 0) is 42.7 Å². The van der Waals surface area contributed by atoms with Gasteiger partial charge in [0, 0.05) is 0 Å². The molecule has 3 aromatic rings. The van der Waals surface area contributed by atoms with E-state index < -0.39 is 72.3 Å². The summed E-state index contributed by atoms with van der Waals surface area (Å²) in [6.45, 7) is -0.536. The molecule has 0 spiro atoms. The number of halogens is 8. The van der Waals surface area contributed by atoms with Crippen LogP contribution in [0, 0.1) is 28.5 Å². The number of methoxy groups -OCH3 is 1. The first-order valence-electron chi connectivity index (χ1n) is 11.3. The number of amides is 1. The van der Waals surface area contributed by atoms with E-state index in [9.17, 15) is 38.7 Å². The van der Waals surface area contributed by atoms with Crippen molar-refractivity contribution >= 4 is 51.3 Å². The molecule has 0 radical (unpaired) electrons. The molecule has 1 aromatic heterocycles. The van der Waals surface area contributed by atoms with E-state index in [1.54, 1.807) is 12.1 Å². The topological polar surface area (TPSA) is 130 Å². The van der Waals surface area contributed by atoms with Crippen molar-refractivity contribution in [3.05, 3.63) is 68.6 Å². The van der Waals surface area contributed by atoms with Gasteiger partial charge in [-0.3, -0.25) is 10.1 Å². The Morgan fingerprint density at radius 2 is 1.71 bits per heavy atom. The van der Waals surface area contributed by atoms with Crippen molar-refractivity contribution in [3.63, 3.8) is 0 Å².